The molecule has 0 N–H and O–H groups in total. The summed E-state index contributed by atoms with van der Waals surface area (Å²) in [5, 5.41) is 0. The molecule has 0 unspecified atom stereocenters. The van der Waals surface area contributed by atoms with Gasteiger partial charge in [0, 0.05) is 12.4 Å². The summed E-state index contributed by atoms with van der Waals surface area (Å²) in [6.07, 6.45) is 4.64. The molecule has 4 rings (SSSR count). The Morgan fingerprint density at radius 3 is 2.91 bits per heavy atom. The van der Waals surface area contributed by atoms with Crippen LogP contribution in [0.25, 0.3) is 16.7 Å². The zero-order valence-electron chi connectivity index (χ0n) is 11.5. The molecule has 1 aromatic carbocycles. The smallest absolute Gasteiger partial charge is 0.238 e. The van der Waals surface area contributed by atoms with Crippen LogP contribution in [-0.4, -0.2) is 24.8 Å². The molecule has 0 atom stereocenters. The normalized spacial score (nSPS) is 11.3. The second kappa shape index (κ2) is 4.77. The number of para-hydroxylation sites is 2. The first-order valence-corrected chi connectivity index (χ1v) is 6.79. The van der Waals surface area contributed by atoms with Crippen LogP contribution in [-0.2, 0) is 6.42 Å². The van der Waals surface area contributed by atoms with Crippen molar-refractivity contribution in [3.8, 4) is 0 Å². The quantitative estimate of drug-likeness (QED) is 0.571. The molecule has 0 aliphatic carbocycles. The zero-order valence-corrected chi connectivity index (χ0v) is 11.5. The van der Waals surface area contributed by atoms with Crippen molar-refractivity contribution >= 4 is 22.6 Å². The first-order chi connectivity index (χ1) is 10.7. The van der Waals surface area contributed by atoms with Gasteiger partial charge in [-0.25, -0.2) is 14.4 Å². The van der Waals surface area contributed by atoms with Gasteiger partial charge in [0.1, 0.15) is 17.8 Å². The lowest BCUT2D eigenvalue weighted by molar-refractivity contribution is 0.0918. The third-order valence-corrected chi connectivity index (χ3v) is 3.52. The maximum Gasteiger partial charge on any atom is 0.238 e. The minimum absolute atomic E-state index is 0.127. The Hall–Kier alpha value is -3.02. The summed E-state index contributed by atoms with van der Waals surface area (Å²) in [4.78, 5) is 21.0. The average molecular weight is 294 g/mol. The van der Waals surface area contributed by atoms with Gasteiger partial charge in [0.2, 0.25) is 5.91 Å². The van der Waals surface area contributed by atoms with Crippen LogP contribution in [0, 0.1) is 5.82 Å². The minimum atomic E-state index is -0.344. The molecule has 108 valence electrons. The van der Waals surface area contributed by atoms with Crippen molar-refractivity contribution in [3.05, 3.63) is 66.6 Å². The summed E-state index contributed by atoms with van der Waals surface area (Å²) in [5.41, 5.74) is 2.74. The number of imidazole rings is 2. The van der Waals surface area contributed by atoms with Crippen LogP contribution < -0.4 is 0 Å². The Morgan fingerprint density at radius 2 is 2.00 bits per heavy atom. The van der Waals surface area contributed by atoms with Gasteiger partial charge in [0.25, 0.3) is 0 Å². The van der Waals surface area contributed by atoms with E-state index in [9.17, 15) is 9.18 Å². The summed E-state index contributed by atoms with van der Waals surface area (Å²) in [6.45, 7) is 0. The van der Waals surface area contributed by atoms with E-state index >= 15 is 0 Å². The molecule has 0 amide bonds. The van der Waals surface area contributed by atoms with Crippen molar-refractivity contribution in [1.82, 2.24) is 18.9 Å². The monoisotopic (exact) mass is 294 g/mol. The lowest BCUT2D eigenvalue weighted by Crippen LogP contribution is -2.12. The van der Waals surface area contributed by atoms with Crippen LogP contribution in [0.5, 0.6) is 0 Å². The minimum Gasteiger partial charge on any atom is -0.304 e. The van der Waals surface area contributed by atoms with E-state index in [2.05, 4.69) is 9.97 Å². The second-order valence-corrected chi connectivity index (χ2v) is 5.02. The molecule has 3 aromatic heterocycles. The first-order valence-electron chi connectivity index (χ1n) is 6.79. The number of hydrogen-bond acceptors (Lipinski definition) is 3. The van der Waals surface area contributed by atoms with Gasteiger partial charge in [-0.15, -0.1) is 0 Å². The maximum atomic E-state index is 13.2. The number of carbonyl (C=O) groups is 1. The van der Waals surface area contributed by atoms with Crippen molar-refractivity contribution < 1.29 is 9.18 Å². The van der Waals surface area contributed by atoms with E-state index in [0.717, 1.165) is 11.0 Å². The fourth-order valence-electron chi connectivity index (χ4n) is 2.50. The standard InChI is InChI=1S/C16H11FN4O/c17-11-5-6-15-19-12(9-20(15)8-11)7-16(22)21-10-18-13-3-1-2-4-14(13)21/h1-6,8-10H,7H2. The summed E-state index contributed by atoms with van der Waals surface area (Å²) in [6, 6.07) is 10.4. The van der Waals surface area contributed by atoms with Crippen molar-refractivity contribution in [2.45, 2.75) is 6.42 Å². The van der Waals surface area contributed by atoms with Crippen LogP contribution in [0.15, 0.2) is 55.1 Å². The molecular weight excluding hydrogens is 283 g/mol. The van der Waals surface area contributed by atoms with E-state index in [1.165, 1.54) is 23.2 Å². The van der Waals surface area contributed by atoms with Gasteiger partial charge in [-0.3, -0.25) is 9.36 Å². The van der Waals surface area contributed by atoms with Gasteiger partial charge in [-0.1, -0.05) is 12.1 Å². The van der Waals surface area contributed by atoms with Gasteiger partial charge in [0.05, 0.1) is 23.1 Å². The number of carbonyl (C=O) groups excluding carboxylic acids is 1. The third kappa shape index (κ3) is 2.05. The van der Waals surface area contributed by atoms with E-state index in [4.69, 9.17) is 0 Å². The lowest BCUT2D eigenvalue weighted by atomic mass is 10.3. The van der Waals surface area contributed by atoms with Crippen molar-refractivity contribution in [1.29, 1.82) is 0 Å². The number of hydrogen-bond donors (Lipinski definition) is 0. The predicted molar refractivity (Wildman–Crippen MR) is 79.2 cm³/mol. The van der Waals surface area contributed by atoms with Crippen molar-refractivity contribution in [2.75, 3.05) is 0 Å². The summed E-state index contributed by atoms with van der Waals surface area (Å²) in [5.74, 6) is -0.471. The molecule has 5 nitrogen and oxygen atoms in total. The second-order valence-electron chi connectivity index (χ2n) is 5.02. The Morgan fingerprint density at radius 1 is 1.14 bits per heavy atom. The molecular formula is C16H11FN4O. The van der Waals surface area contributed by atoms with Gasteiger partial charge in [0.15, 0.2) is 0 Å². The molecule has 0 aliphatic heterocycles. The van der Waals surface area contributed by atoms with Crippen LogP contribution in [0.2, 0.25) is 0 Å². The third-order valence-electron chi connectivity index (χ3n) is 3.52. The summed E-state index contributed by atoms with van der Waals surface area (Å²) >= 11 is 0. The largest absolute Gasteiger partial charge is 0.304 e. The van der Waals surface area contributed by atoms with Gasteiger partial charge < -0.3 is 4.40 Å². The molecule has 6 heteroatoms. The number of benzene rings is 1. The number of fused-ring (bicyclic) bond motifs is 2. The highest BCUT2D eigenvalue weighted by atomic mass is 19.1. The van der Waals surface area contributed by atoms with E-state index in [1.54, 1.807) is 16.7 Å². The van der Waals surface area contributed by atoms with Crippen molar-refractivity contribution in [3.63, 3.8) is 0 Å². The first kappa shape index (κ1) is 12.7. The maximum absolute atomic E-state index is 13.2. The Bertz CT molecular complexity index is 1000. The fourth-order valence-corrected chi connectivity index (χ4v) is 2.50. The number of rotatable bonds is 2. The molecule has 0 aliphatic rings. The predicted octanol–water partition coefficient (Wildman–Crippen LogP) is 2.71. The van der Waals surface area contributed by atoms with Crippen LogP contribution in [0.1, 0.15) is 10.5 Å². The van der Waals surface area contributed by atoms with Crippen molar-refractivity contribution in [2.24, 2.45) is 0 Å². The Kier molecular flexibility index (Phi) is 2.75. The highest BCUT2D eigenvalue weighted by molar-refractivity contribution is 5.91. The number of halogens is 1. The summed E-state index contributed by atoms with van der Waals surface area (Å²) in [7, 11) is 0. The van der Waals surface area contributed by atoms with Gasteiger partial charge >= 0.3 is 0 Å². The topological polar surface area (TPSA) is 52.2 Å². The number of nitrogens with zero attached hydrogens (tertiary/aromatic N) is 4. The molecule has 4 aromatic rings. The zero-order chi connectivity index (χ0) is 15.1. The lowest BCUT2D eigenvalue weighted by Gasteiger charge is -2.00. The van der Waals surface area contributed by atoms with Gasteiger partial charge in [-0.05, 0) is 24.3 Å². The van der Waals surface area contributed by atoms with Crippen LogP contribution >= 0.6 is 0 Å². The molecule has 3 heterocycles. The number of aromatic nitrogens is 4. The van der Waals surface area contributed by atoms with E-state index in [-0.39, 0.29) is 18.1 Å². The highest BCUT2D eigenvalue weighted by Crippen LogP contribution is 2.13. The molecule has 0 fully saturated rings. The fraction of sp³-hybridized carbons (Fsp3) is 0.0625. The molecule has 0 spiro atoms. The molecule has 0 saturated carbocycles. The molecule has 22 heavy (non-hydrogen) atoms. The Labute approximate surface area is 124 Å². The van der Waals surface area contributed by atoms with Crippen LogP contribution in [0.3, 0.4) is 0 Å². The average Bonchev–Trinajstić information content (AvgIpc) is 3.09. The SMILES string of the molecule is O=C(Cc1cn2cc(F)ccc2n1)n1cnc2ccccc21. The Balaban J connectivity index is 1.68. The highest BCUT2D eigenvalue weighted by Gasteiger charge is 2.12. The van der Waals surface area contributed by atoms with Gasteiger partial charge in [-0.2, -0.15) is 0 Å². The van der Waals surface area contributed by atoms with Crippen LogP contribution in [0.4, 0.5) is 4.39 Å². The summed E-state index contributed by atoms with van der Waals surface area (Å²) < 4.78 is 16.3. The molecule has 0 saturated heterocycles. The molecule has 0 radical (unpaired) electrons. The van der Waals surface area contributed by atoms with E-state index in [1.807, 2.05) is 24.3 Å². The van der Waals surface area contributed by atoms with E-state index in [0.29, 0.717) is 11.3 Å². The number of pyridine rings is 1. The van der Waals surface area contributed by atoms with E-state index < -0.39 is 0 Å². The molecule has 0 bridgehead atoms.